The summed E-state index contributed by atoms with van der Waals surface area (Å²) in [6.45, 7) is 5.60. The van der Waals surface area contributed by atoms with Crippen molar-refractivity contribution in [2.45, 2.75) is 89.5 Å². The number of hydrogen-bond acceptors (Lipinski definition) is 9. The number of carbonyl (C=O) groups excluding carboxylic acids is 5. The van der Waals surface area contributed by atoms with Gasteiger partial charge in [0, 0.05) is 77.4 Å². The van der Waals surface area contributed by atoms with Gasteiger partial charge in [0.15, 0.2) is 6.10 Å². The van der Waals surface area contributed by atoms with Crippen LogP contribution in [0.15, 0.2) is 36.4 Å². The van der Waals surface area contributed by atoms with Gasteiger partial charge in [0.2, 0.25) is 5.91 Å². The molecule has 5 amide bonds. The van der Waals surface area contributed by atoms with Crippen LogP contribution in [0.1, 0.15) is 75.0 Å². The molecule has 0 radical (unpaired) electrons. The number of hydrogen-bond donors (Lipinski definition) is 2. The summed E-state index contributed by atoms with van der Waals surface area (Å²) in [5.41, 5.74) is 5.72. The molecule has 0 aliphatic carbocycles. The molecule has 14 nitrogen and oxygen atoms in total. The van der Waals surface area contributed by atoms with E-state index in [0.717, 1.165) is 43.1 Å². The number of nitrogen functional groups attached to an aromatic ring is 1. The summed E-state index contributed by atoms with van der Waals surface area (Å²) < 4.78 is 52.8. The molecule has 2 saturated heterocycles. The third-order valence-electron chi connectivity index (χ3n) is 12.3. The zero-order valence-electron chi connectivity index (χ0n) is 36.2. The van der Waals surface area contributed by atoms with E-state index < -0.39 is 35.5 Å². The summed E-state index contributed by atoms with van der Waals surface area (Å²) in [6, 6.07) is 9.35. The van der Waals surface area contributed by atoms with Gasteiger partial charge in [-0.3, -0.25) is 14.4 Å². The van der Waals surface area contributed by atoms with E-state index in [0.29, 0.717) is 51.9 Å². The zero-order chi connectivity index (χ0) is 45.1. The van der Waals surface area contributed by atoms with Gasteiger partial charge in [0.25, 0.3) is 5.91 Å². The fraction of sp³-hybridized carbons (Fsp3) is 0.614. The first-order valence-corrected chi connectivity index (χ1v) is 21.9. The van der Waals surface area contributed by atoms with Gasteiger partial charge in [-0.05, 0) is 100 Å². The van der Waals surface area contributed by atoms with Crippen LogP contribution in [-0.4, -0.2) is 140 Å². The second-order valence-electron chi connectivity index (χ2n) is 17.0. The Morgan fingerprint density at radius 1 is 0.952 bits per heavy atom. The molecule has 2 atom stereocenters. The van der Waals surface area contributed by atoms with Crippen molar-refractivity contribution in [2.75, 3.05) is 84.6 Å². The van der Waals surface area contributed by atoms with E-state index in [1.165, 1.54) is 15.9 Å². The summed E-state index contributed by atoms with van der Waals surface area (Å²) in [5, 5.41) is 2.64. The lowest BCUT2D eigenvalue weighted by atomic mass is 9.83. The van der Waals surface area contributed by atoms with Crippen molar-refractivity contribution in [3.63, 3.8) is 0 Å². The van der Waals surface area contributed by atoms with E-state index in [2.05, 4.69) is 12.2 Å². The molecule has 3 heterocycles. The lowest BCUT2D eigenvalue weighted by molar-refractivity contribution is -0.146. The van der Waals surface area contributed by atoms with Crippen LogP contribution in [0.2, 0.25) is 5.02 Å². The molecule has 62 heavy (non-hydrogen) atoms. The van der Waals surface area contributed by atoms with Gasteiger partial charge < -0.3 is 45.0 Å². The van der Waals surface area contributed by atoms with Crippen molar-refractivity contribution in [1.82, 2.24) is 24.5 Å². The number of nitrogens with zero attached hydrogens (tertiary/aromatic N) is 5. The Morgan fingerprint density at radius 2 is 1.63 bits per heavy atom. The molecule has 3 aliphatic rings. The molecule has 0 spiro atoms. The van der Waals surface area contributed by atoms with Crippen LogP contribution >= 0.6 is 11.6 Å². The number of rotatable bonds is 16. The maximum absolute atomic E-state index is 14.1. The largest absolute Gasteiger partial charge is 0.466 e. The number of benzene rings is 2. The number of halogens is 4. The number of nitrogens with two attached hydrogens (primary N) is 1. The summed E-state index contributed by atoms with van der Waals surface area (Å²) in [7, 11) is 5.45. The first-order chi connectivity index (χ1) is 29.4. The van der Waals surface area contributed by atoms with Crippen LogP contribution in [0.5, 0.6) is 0 Å². The van der Waals surface area contributed by atoms with Crippen LogP contribution in [0.4, 0.5) is 34.1 Å². The summed E-state index contributed by atoms with van der Waals surface area (Å²) >= 11 is 6.13. The number of alkyl halides is 3. The first-order valence-electron chi connectivity index (χ1n) is 21.5. The van der Waals surface area contributed by atoms with Crippen molar-refractivity contribution in [3.05, 3.63) is 58.1 Å². The maximum Gasteiger partial charge on any atom is 0.418 e. The number of nitrogens with one attached hydrogen (secondary N) is 1. The van der Waals surface area contributed by atoms with Crippen LogP contribution in [0, 0.1) is 11.8 Å². The molecule has 18 heteroatoms. The van der Waals surface area contributed by atoms with Crippen LogP contribution in [0.3, 0.4) is 0 Å². The Kier molecular flexibility index (Phi) is 17.2. The maximum atomic E-state index is 14.1. The predicted octanol–water partition coefficient (Wildman–Crippen LogP) is 6.54. The van der Waals surface area contributed by atoms with E-state index in [-0.39, 0.29) is 85.3 Å². The Balaban J connectivity index is 1.15. The third kappa shape index (κ3) is 13.4. The van der Waals surface area contributed by atoms with Crippen LogP contribution < -0.4 is 11.1 Å². The molecular formula is C44H61ClF3N7O7. The van der Waals surface area contributed by atoms with Crippen LogP contribution in [0.25, 0.3) is 0 Å². The van der Waals surface area contributed by atoms with Gasteiger partial charge in [-0.2, -0.15) is 13.2 Å². The standard InChI is InChI=1S/C44H61ClF3N7O7/c1-29(31-13-20-53(21-14-31)38(56)10-11-39(57)61-25-7-18-51(2)3)12-19-52(4)41(58)37(28-30-26-34(44(46,47)48)40(49)35(45)27-30)62-43(60)54-22-16-33(17-23-54)55-24-15-32-8-5-6-9-36(32)50-42(55)59/h5-6,8-9,26-27,29,31,33,37H,7,10-25,28,49H2,1-4H3,(H,50,59)/t29?,37-/m1/s1. The smallest absolute Gasteiger partial charge is 0.418 e. The number of urea groups is 1. The minimum atomic E-state index is -4.81. The van der Waals surface area contributed by atoms with Crippen molar-refractivity contribution in [1.29, 1.82) is 0 Å². The van der Waals surface area contributed by atoms with Crippen molar-refractivity contribution in [2.24, 2.45) is 11.8 Å². The molecule has 3 N–H and O–H groups in total. The third-order valence-corrected chi connectivity index (χ3v) is 12.6. The number of para-hydroxylation sites is 1. The molecule has 3 aliphatic heterocycles. The Morgan fingerprint density at radius 3 is 2.31 bits per heavy atom. The minimum Gasteiger partial charge on any atom is -0.466 e. The zero-order valence-corrected chi connectivity index (χ0v) is 36.9. The van der Waals surface area contributed by atoms with Gasteiger partial charge in [0.05, 0.1) is 29.3 Å². The van der Waals surface area contributed by atoms with E-state index in [1.54, 1.807) is 16.8 Å². The van der Waals surface area contributed by atoms with E-state index in [9.17, 15) is 37.1 Å². The molecule has 0 saturated carbocycles. The lowest BCUT2D eigenvalue weighted by Crippen LogP contribution is -2.51. The number of likely N-dealkylation sites (tertiary alicyclic amines) is 2. The molecular weight excluding hydrogens is 831 g/mol. The fourth-order valence-electron chi connectivity index (χ4n) is 8.43. The fourth-order valence-corrected chi connectivity index (χ4v) is 8.67. The minimum absolute atomic E-state index is 0.0227. The second kappa shape index (κ2) is 22.0. The number of esters is 1. The van der Waals surface area contributed by atoms with Crippen molar-refractivity contribution < 1.29 is 46.6 Å². The summed E-state index contributed by atoms with van der Waals surface area (Å²) in [5.74, 6) is -0.620. The van der Waals surface area contributed by atoms with Gasteiger partial charge in [-0.1, -0.05) is 36.7 Å². The monoisotopic (exact) mass is 891 g/mol. The highest BCUT2D eigenvalue weighted by atomic mass is 35.5. The number of fused-ring (bicyclic) bond motifs is 1. The van der Waals surface area contributed by atoms with Gasteiger partial charge in [0.1, 0.15) is 0 Å². The number of piperidine rings is 2. The highest BCUT2D eigenvalue weighted by molar-refractivity contribution is 6.33. The molecule has 342 valence electrons. The normalized spacial score (nSPS) is 17.5. The van der Waals surface area contributed by atoms with Gasteiger partial charge in [-0.15, -0.1) is 0 Å². The van der Waals surface area contributed by atoms with Crippen LogP contribution in [-0.2, 0) is 42.9 Å². The molecule has 2 aromatic rings. The molecule has 2 aromatic carbocycles. The topological polar surface area (TPSA) is 158 Å². The van der Waals surface area contributed by atoms with Gasteiger partial charge >= 0.3 is 24.3 Å². The molecule has 2 fully saturated rings. The van der Waals surface area contributed by atoms with E-state index >= 15 is 0 Å². The second-order valence-corrected chi connectivity index (χ2v) is 17.4. The molecule has 5 rings (SSSR count). The Hall–Kier alpha value is -4.77. The van der Waals surface area contributed by atoms with E-state index in [4.69, 9.17) is 26.8 Å². The SMILES string of the molecule is CC(CCN(C)C(=O)[C@@H](Cc1cc(Cl)c(N)c(C(F)(F)F)c1)OC(=O)N1CCC(N2CCc3ccccc3NC2=O)CC1)C1CCN(C(=O)CCC(=O)OCCCN(C)C)CC1. The summed E-state index contributed by atoms with van der Waals surface area (Å²) in [6.07, 6.45) is -2.87. The lowest BCUT2D eigenvalue weighted by Gasteiger charge is -2.38. The molecule has 0 aromatic heterocycles. The predicted molar refractivity (Wildman–Crippen MR) is 229 cm³/mol. The molecule has 0 bridgehead atoms. The van der Waals surface area contributed by atoms with Crippen molar-refractivity contribution in [3.8, 4) is 0 Å². The number of likely N-dealkylation sites (N-methyl/N-ethyl adjacent to an activating group) is 1. The molecule has 1 unspecified atom stereocenters. The number of ether oxygens (including phenoxy) is 2. The quantitative estimate of drug-likeness (QED) is 0.109. The highest BCUT2D eigenvalue weighted by Gasteiger charge is 2.37. The van der Waals surface area contributed by atoms with Crippen molar-refractivity contribution >= 4 is 52.9 Å². The van der Waals surface area contributed by atoms with E-state index in [1.807, 2.05) is 43.3 Å². The summed E-state index contributed by atoms with van der Waals surface area (Å²) in [4.78, 5) is 74.3. The average Bonchev–Trinajstić information content (AvgIpc) is 3.41. The van der Waals surface area contributed by atoms with Gasteiger partial charge in [-0.25, -0.2) is 9.59 Å². The Labute approximate surface area is 367 Å². The number of carbonyl (C=O) groups is 5. The first kappa shape index (κ1) is 48.3. The number of anilines is 2. The Bertz CT molecular complexity index is 1890. The highest BCUT2D eigenvalue weighted by Crippen LogP contribution is 2.38. The number of amides is 5. The average molecular weight is 892 g/mol.